The number of thiophene rings is 1. The van der Waals surface area contributed by atoms with E-state index in [1.54, 1.807) is 11.3 Å². The highest BCUT2D eigenvalue weighted by atomic mass is 79.9. The molecule has 0 spiro atoms. The first kappa shape index (κ1) is 17.7. The van der Waals surface area contributed by atoms with Crippen LogP contribution in [0.25, 0.3) is 0 Å². The second-order valence-electron chi connectivity index (χ2n) is 4.78. The fraction of sp³-hybridized carbons (Fsp3) is 0.133. The zero-order chi connectivity index (χ0) is 16.9. The predicted molar refractivity (Wildman–Crippen MR) is 105 cm³/mol. The first-order valence-corrected chi connectivity index (χ1v) is 10.4. The van der Waals surface area contributed by atoms with Gasteiger partial charge in [-0.05, 0) is 45.6 Å². The van der Waals surface area contributed by atoms with Gasteiger partial charge in [-0.3, -0.25) is 9.89 Å². The number of nitrogens with one attached hydrogen (secondary N) is 2. The van der Waals surface area contributed by atoms with Gasteiger partial charge in [-0.25, -0.2) is 4.98 Å². The van der Waals surface area contributed by atoms with E-state index in [2.05, 4.69) is 58.4 Å². The van der Waals surface area contributed by atoms with Crippen LogP contribution in [0.5, 0.6) is 0 Å². The molecule has 1 aromatic carbocycles. The molecule has 0 aliphatic carbocycles. The molecule has 0 unspecified atom stereocenters. The van der Waals surface area contributed by atoms with Crippen LogP contribution in [0.1, 0.15) is 10.7 Å². The zero-order valence-corrected chi connectivity index (χ0v) is 17.1. The normalized spacial score (nSPS) is 10.8. The highest BCUT2D eigenvalue weighted by molar-refractivity contribution is 9.11. The molecule has 0 bridgehead atoms. The van der Waals surface area contributed by atoms with E-state index in [9.17, 15) is 4.79 Å². The van der Waals surface area contributed by atoms with Crippen LogP contribution in [0.2, 0.25) is 0 Å². The molecule has 5 nitrogen and oxygen atoms in total. The number of hydrogen-bond donors (Lipinski definition) is 2. The third-order valence-electron chi connectivity index (χ3n) is 2.97. The van der Waals surface area contributed by atoms with Crippen molar-refractivity contribution in [1.29, 1.82) is 0 Å². The van der Waals surface area contributed by atoms with Gasteiger partial charge >= 0.3 is 0 Å². The van der Waals surface area contributed by atoms with Crippen molar-refractivity contribution < 1.29 is 4.79 Å². The Labute approximate surface area is 163 Å². The number of rotatable bonds is 6. The van der Waals surface area contributed by atoms with Gasteiger partial charge in [0.05, 0.1) is 11.4 Å². The summed E-state index contributed by atoms with van der Waals surface area (Å²) < 4.78 is 1.77. The van der Waals surface area contributed by atoms with Crippen molar-refractivity contribution in [2.75, 3.05) is 11.1 Å². The third-order valence-corrected chi connectivity index (χ3v) is 5.84. The number of hydrogen-bond acceptors (Lipinski definition) is 5. The van der Waals surface area contributed by atoms with Crippen LogP contribution >= 0.6 is 55.0 Å². The van der Waals surface area contributed by atoms with Crippen LogP contribution in [0.4, 0.5) is 5.69 Å². The predicted octanol–water partition coefficient (Wildman–Crippen LogP) is 4.71. The molecule has 0 aliphatic heterocycles. The van der Waals surface area contributed by atoms with Crippen molar-refractivity contribution in [1.82, 2.24) is 15.2 Å². The third kappa shape index (κ3) is 4.92. The Morgan fingerprint density at radius 1 is 1.33 bits per heavy atom. The molecule has 2 N–H and O–H groups in total. The fourth-order valence-corrected chi connectivity index (χ4v) is 4.38. The summed E-state index contributed by atoms with van der Waals surface area (Å²) in [5, 5.41) is 12.5. The highest BCUT2D eigenvalue weighted by Crippen LogP contribution is 2.26. The minimum atomic E-state index is -0.104. The molecule has 0 fully saturated rings. The summed E-state index contributed by atoms with van der Waals surface area (Å²) in [6.07, 6.45) is 0.725. The number of aromatic amines is 1. The van der Waals surface area contributed by atoms with Crippen molar-refractivity contribution in [2.45, 2.75) is 11.6 Å². The summed E-state index contributed by atoms with van der Waals surface area (Å²) >= 11 is 9.79. The van der Waals surface area contributed by atoms with Gasteiger partial charge in [0.2, 0.25) is 11.1 Å². The number of carbonyl (C=O) groups excluding carboxylic acids is 1. The lowest BCUT2D eigenvalue weighted by molar-refractivity contribution is -0.113. The van der Waals surface area contributed by atoms with Crippen LogP contribution in [-0.4, -0.2) is 26.8 Å². The number of anilines is 1. The number of halogens is 2. The molecule has 2 aromatic heterocycles. The molecule has 124 valence electrons. The molecule has 0 saturated carbocycles. The maximum absolute atomic E-state index is 12.1. The van der Waals surface area contributed by atoms with Gasteiger partial charge in [0.25, 0.3) is 0 Å². The lowest BCUT2D eigenvalue weighted by Crippen LogP contribution is -2.14. The molecule has 9 heteroatoms. The summed E-state index contributed by atoms with van der Waals surface area (Å²) in [7, 11) is 0. The van der Waals surface area contributed by atoms with E-state index >= 15 is 0 Å². The molecular weight excluding hydrogens is 476 g/mol. The number of thioether (sulfide) groups is 1. The molecule has 0 saturated heterocycles. The van der Waals surface area contributed by atoms with E-state index < -0.39 is 0 Å². The van der Waals surface area contributed by atoms with E-state index in [0.29, 0.717) is 5.16 Å². The van der Waals surface area contributed by atoms with Crippen LogP contribution in [0.15, 0.2) is 49.8 Å². The van der Waals surface area contributed by atoms with E-state index in [1.807, 2.05) is 29.6 Å². The van der Waals surface area contributed by atoms with E-state index in [0.717, 1.165) is 26.9 Å². The van der Waals surface area contributed by atoms with Crippen molar-refractivity contribution >= 4 is 66.6 Å². The minimum Gasteiger partial charge on any atom is -0.324 e. The minimum absolute atomic E-state index is 0.104. The first-order valence-electron chi connectivity index (χ1n) is 6.91. The van der Waals surface area contributed by atoms with Gasteiger partial charge in [0, 0.05) is 20.2 Å². The Morgan fingerprint density at radius 2 is 2.21 bits per heavy atom. The van der Waals surface area contributed by atoms with E-state index in [4.69, 9.17) is 0 Å². The summed E-state index contributed by atoms with van der Waals surface area (Å²) in [6.45, 7) is 0. The maximum Gasteiger partial charge on any atom is 0.234 e. The Balaban J connectivity index is 1.52. The number of aromatic nitrogens is 3. The molecular formula is C15H12Br2N4OS2. The lowest BCUT2D eigenvalue weighted by atomic mass is 10.3. The molecule has 2 heterocycles. The number of nitrogens with zero attached hydrogens (tertiary/aromatic N) is 2. The second-order valence-corrected chi connectivity index (χ2v) is 8.53. The van der Waals surface area contributed by atoms with Crippen LogP contribution in [-0.2, 0) is 11.2 Å². The second kappa shape index (κ2) is 8.28. The summed E-state index contributed by atoms with van der Waals surface area (Å²) in [6, 6.07) is 9.66. The Hall–Kier alpha value is -1.16. The first-order chi connectivity index (χ1) is 11.6. The van der Waals surface area contributed by atoms with Gasteiger partial charge in [-0.1, -0.05) is 33.8 Å². The highest BCUT2D eigenvalue weighted by Gasteiger charge is 2.10. The molecule has 0 radical (unpaired) electrons. The molecule has 0 aliphatic rings. The van der Waals surface area contributed by atoms with Gasteiger partial charge in [-0.2, -0.15) is 0 Å². The lowest BCUT2D eigenvalue weighted by Gasteiger charge is -2.06. The SMILES string of the molecule is O=C(CSc1n[nH]c(Cc2cccs2)n1)Nc1ccc(Br)cc1Br. The van der Waals surface area contributed by atoms with Gasteiger partial charge in [0.15, 0.2) is 0 Å². The fourth-order valence-electron chi connectivity index (χ4n) is 1.91. The quantitative estimate of drug-likeness (QED) is 0.494. The Bertz CT molecular complexity index is 836. The van der Waals surface area contributed by atoms with E-state index in [-0.39, 0.29) is 11.7 Å². The molecule has 24 heavy (non-hydrogen) atoms. The number of carbonyl (C=O) groups is 1. The van der Waals surface area contributed by atoms with Crippen molar-refractivity contribution in [3.8, 4) is 0 Å². The van der Waals surface area contributed by atoms with Crippen molar-refractivity contribution in [3.63, 3.8) is 0 Å². The van der Waals surface area contributed by atoms with Gasteiger partial charge in [-0.15, -0.1) is 16.4 Å². The summed E-state index contributed by atoms with van der Waals surface area (Å²) in [4.78, 5) is 17.7. The smallest absolute Gasteiger partial charge is 0.234 e. The largest absolute Gasteiger partial charge is 0.324 e. The summed E-state index contributed by atoms with van der Waals surface area (Å²) in [5.41, 5.74) is 0.733. The van der Waals surface area contributed by atoms with Crippen LogP contribution in [0.3, 0.4) is 0 Å². The molecule has 1 amide bonds. The number of benzene rings is 1. The maximum atomic E-state index is 12.1. The summed E-state index contributed by atoms with van der Waals surface area (Å²) in [5.74, 6) is 0.947. The van der Waals surface area contributed by atoms with Crippen LogP contribution < -0.4 is 5.32 Å². The van der Waals surface area contributed by atoms with Crippen LogP contribution in [0, 0.1) is 0 Å². The standard InChI is InChI=1S/C15H12Br2N4OS2/c16-9-3-4-12(11(17)6-9)18-14(22)8-24-15-19-13(20-21-15)7-10-2-1-5-23-10/h1-6H,7-8H2,(H,18,22)(H,19,20,21). The van der Waals surface area contributed by atoms with Crippen molar-refractivity contribution in [2.24, 2.45) is 0 Å². The Kier molecular flexibility index (Phi) is 6.09. The number of amides is 1. The molecule has 3 aromatic rings. The average molecular weight is 488 g/mol. The topological polar surface area (TPSA) is 70.7 Å². The van der Waals surface area contributed by atoms with Gasteiger partial charge < -0.3 is 5.32 Å². The molecule has 0 atom stereocenters. The zero-order valence-electron chi connectivity index (χ0n) is 12.3. The number of H-pyrrole nitrogens is 1. The monoisotopic (exact) mass is 486 g/mol. The molecule has 3 rings (SSSR count). The van der Waals surface area contributed by atoms with E-state index in [1.165, 1.54) is 16.6 Å². The average Bonchev–Trinajstić information content (AvgIpc) is 3.20. The Morgan fingerprint density at radius 3 is 2.96 bits per heavy atom. The van der Waals surface area contributed by atoms with Gasteiger partial charge in [0.1, 0.15) is 5.82 Å². The van der Waals surface area contributed by atoms with Crippen molar-refractivity contribution in [3.05, 3.63) is 55.4 Å².